The summed E-state index contributed by atoms with van der Waals surface area (Å²) >= 11 is 7.27. The summed E-state index contributed by atoms with van der Waals surface area (Å²) in [5.74, 6) is -2.16. The largest absolute Gasteiger partial charge is 0.478 e. The first kappa shape index (κ1) is 22.3. The Morgan fingerprint density at radius 2 is 1.55 bits per heavy atom. The molecule has 0 aliphatic heterocycles. The number of thioether (sulfide) groups is 1. The number of halogens is 2. The molecule has 0 aliphatic carbocycles. The first-order valence-corrected chi connectivity index (χ1v) is 10.3. The number of benzene rings is 3. The second-order valence-electron chi connectivity index (χ2n) is 6.32. The van der Waals surface area contributed by atoms with Crippen molar-refractivity contribution in [3.05, 3.63) is 88.7 Å². The van der Waals surface area contributed by atoms with Crippen LogP contribution in [0.25, 0.3) is 0 Å². The summed E-state index contributed by atoms with van der Waals surface area (Å²) in [5.41, 5.74) is 1.14. The molecule has 31 heavy (non-hydrogen) atoms. The van der Waals surface area contributed by atoms with Crippen molar-refractivity contribution in [1.29, 1.82) is 0 Å². The maximum absolute atomic E-state index is 12.9. The van der Waals surface area contributed by atoms with Crippen LogP contribution in [-0.4, -0.2) is 28.6 Å². The van der Waals surface area contributed by atoms with Gasteiger partial charge in [-0.25, -0.2) is 9.18 Å². The number of carbonyl (C=O) groups is 3. The van der Waals surface area contributed by atoms with Crippen LogP contribution in [0.15, 0.2) is 71.6 Å². The number of anilines is 2. The summed E-state index contributed by atoms with van der Waals surface area (Å²) in [6.45, 7) is 0. The molecule has 3 aromatic rings. The predicted octanol–water partition coefficient (Wildman–Crippen LogP) is 5.16. The third-order valence-electron chi connectivity index (χ3n) is 4.08. The van der Waals surface area contributed by atoms with Crippen LogP contribution in [0.2, 0.25) is 5.02 Å². The average molecular weight is 459 g/mol. The molecule has 9 heteroatoms. The van der Waals surface area contributed by atoms with Crippen molar-refractivity contribution in [2.75, 3.05) is 16.4 Å². The first-order valence-electron chi connectivity index (χ1n) is 8.94. The lowest BCUT2D eigenvalue weighted by molar-refractivity contribution is -0.113. The maximum atomic E-state index is 12.9. The molecule has 0 spiro atoms. The van der Waals surface area contributed by atoms with Crippen LogP contribution in [0.4, 0.5) is 15.8 Å². The minimum absolute atomic E-state index is 0.0191. The van der Waals surface area contributed by atoms with Crippen molar-refractivity contribution in [3.63, 3.8) is 0 Å². The van der Waals surface area contributed by atoms with Gasteiger partial charge in [0.2, 0.25) is 5.91 Å². The molecule has 0 heterocycles. The van der Waals surface area contributed by atoms with E-state index in [2.05, 4.69) is 10.6 Å². The Morgan fingerprint density at radius 3 is 2.19 bits per heavy atom. The fraction of sp³-hybridized carbons (Fsp3) is 0.0455. The van der Waals surface area contributed by atoms with Crippen molar-refractivity contribution in [3.8, 4) is 0 Å². The van der Waals surface area contributed by atoms with Crippen LogP contribution in [-0.2, 0) is 4.79 Å². The lowest BCUT2D eigenvalue weighted by Gasteiger charge is -2.09. The van der Waals surface area contributed by atoms with Gasteiger partial charge in [0.15, 0.2) is 0 Å². The Kier molecular flexibility index (Phi) is 7.28. The maximum Gasteiger partial charge on any atom is 0.335 e. The molecule has 0 unspecified atom stereocenters. The highest BCUT2D eigenvalue weighted by Gasteiger charge is 2.11. The Balaban J connectivity index is 1.54. The van der Waals surface area contributed by atoms with E-state index < -0.39 is 11.8 Å². The van der Waals surface area contributed by atoms with Gasteiger partial charge in [0.1, 0.15) is 5.82 Å². The number of aromatic carboxylic acids is 1. The summed E-state index contributed by atoms with van der Waals surface area (Å²) < 4.78 is 12.9. The molecular formula is C22H16ClFN2O4S. The Bertz CT molecular complexity index is 1120. The van der Waals surface area contributed by atoms with Crippen LogP contribution in [0.1, 0.15) is 20.7 Å². The van der Waals surface area contributed by atoms with E-state index in [1.807, 2.05) is 0 Å². The van der Waals surface area contributed by atoms with Gasteiger partial charge in [-0.1, -0.05) is 11.6 Å². The summed E-state index contributed by atoms with van der Waals surface area (Å²) in [6.07, 6.45) is 0. The molecule has 2 amide bonds. The molecule has 0 aromatic heterocycles. The van der Waals surface area contributed by atoms with E-state index in [1.54, 1.807) is 24.3 Å². The number of hydrogen-bond donors (Lipinski definition) is 3. The third-order valence-corrected chi connectivity index (χ3v) is 5.42. The normalized spacial score (nSPS) is 10.4. The van der Waals surface area contributed by atoms with Crippen molar-refractivity contribution in [2.45, 2.75) is 4.90 Å². The molecule has 3 aromatic carbocycles. The van der Waals surface area contributed by atoms with E-state index in [9.17, 15) is 18.8 Å². The van der Waals surface area contributed by atoms with E-state index in [1.165, 1.54) is 54.2 Å². The zero-order chi connectivity index (χ0) is 22.4. The molecular weight excluding hydrogens is 443 g/mol. The zero-order valence-electron chi connectivity index (χ0n) is 15.9. The molecule has 0 aliphatic rings. The fourth-order valence-electron chi connectivity index (χ4n) is 2.53. The molecule has 0 saturated heterocycles. The number of hydrogen-bond acceptors (Lipinski definition) is 4. The smallest absolute Gasteiger partial charge is 0.335 e. The van der Waals surface area contributed by atoms with E-state index in [4.69, 9.17) is 16.7 Å². The van der Waals surface area contributed by atoms with Gasteiger partial charge in [-0.2, -0.15) is 0 Å². The Hall–Kier alpha value is -3.36. The topological polar surface area (TPSA) is 95.5 Å². The third kappa shape index (κ3) is 6.31. The van der Waals surface area contributed by atoms with Crippen LogP contribution in [0.5, 0.6) is 0 Å². The van der Waals surface area contributed by atoms with E-state index >= 15 is 0 Å². The average Bonchev–Trinajstić information content (AvgIpc) is 2.75. The van der Waals surface area contributed by atoms with E-state index in [0.29, 0.717) is 11.3 Å². The molecule has 0 saturated carbocycles. The van der Waals surface area contributed by atoms with Gasteiger partial charge in [0, 0.05) is 16.1 Å². The molecule has 0 bridgehead atoms. The minimum Gasteiger partial charge on any atom is -0.478 e. The van der Waals surface area contributed by atoms with Crippen molar-refractivity contribution >= 4 is 52.5 Å². The van der Waals surface area contributed by atoms with Gasteiger partial charge in [-0.3, -0.25) is 9.59 Å². The summed E-state index contributed by atoms with van der Waals surface area (Å²) in [6, 6.07) is 16.1. The number of carboxylic acids is 1. The first-order chi connectivity index (χ1) is 14.8. The van der Waals surface area contributed by atoms with Crippen molar-refractivity contribution < 1.29 is 23.9 Å². The second kappa shape index (κ2) is 10.1. The van der Waals surface area contributed by atoms with Crippen LogP contribution < -0.4 is 10.6 Å². The van der Waals surface area contributed by atoms with Crippen molar-refractivity contribution in [2.24, 2.45) is 0 Å². The summed E-state index contributed by atoms with van der Waals surface area (Å²) in [5, 5.41) is 14.6. The molecule has 3 rings (SSSR count). The Labute approximate surface area is 186 Å². The highest BCUT2D eigenvalue weighted by Crippen LogP contribution is 2.25. The van der Waals surface area contributed by atoms with Crippen LogP contribution >= 0.6 is 23.4 Å². The van der Waals surface area contributed by atoms with Gasteiger partial charge in [0.05, 0.1) is 22.0 Å². The number of nitrogens with one attached hydrogen (secondary N) is 2. The zero-order valence-corrected chi connectivity index (χ0v) is 17.5. The van der Waals surface area contributed by atoms with E-state index in [0.717, 1.165) is 4.90 Å². The monoisotopic (exact) mass is 458 g/mol. The molecule has 0 fully saturated rings. The fourth-order valence-corrected chi connectivity index (χ4v) is 3.39. The van der Waals surface area contributed by atoms with Gasteiger partial charge >= 0.3 is 5.97 Å². The molecule has 3 N–H and O–H groups in total. The number of rotatable bonds is 7. The highest BCUT2D eigenvalue weighted by molar-refractivity contribution is 8.00. The predicted molar refractivity (Wildman–Crippen MR) is 119 cm³/mol. The molecule has 6 nitrogen and oxygen atoms in total. The number of carboxylic acid groups (broad SMARTS) is 1. The van der Waals surface area contributed by atoms with Gasteiger partial charge in [0.25, 0.3) is 5.91 Å². The number of carbonyl (C=O) groups excluding carboxylic acids is 2. The standard InChI is InChI=1S/C22H16ClFN2O4S/c23-18-10-3-14(22(29)30)11-19(18)26-20(27)12-31-17-8-6-16(7-9-17)25-21(28)13-1-4-15(24)5-2-13/h1-11H,12H2,(H,25,28)(H,26,27)(H,29,30). The second-order valence-corrected chi connectivity index (χ2v) is 7.78. The molecule has 0 radical (unpaired) electrons. The quantitative estimate of drug-likeness (QED) is 0.425. The van der Waals surface area contributed by atoms with Gasteiger partial charge in [-0.05, 0) is 66.7 Å². The lowest BCUT2D eigenvalue weighted by atomic mass is 10.2. The highest BCUT2D eigenvalue weighted by atomic mass is 35.5. The summed E-state index contributed by atoms with van der Waals surface area (Å²) in [7, 11) is 0. The summed E-state index contributed by atoms with van der Waals surface area (Å²) in [4.78, 5) is 36.2. The van der Waals surface area contributed by atoms with Crippen LogP contribution in [0.3, 0.4) is 0 Å². The SMILES string of the molecule is O=C(CSc1ccc(NC(=O)c2ccc(F)cc2)cc1)Nc1cc(C(=O)O)ccc1Cl. The van der Waals surface area contributed by atoms with E-state index in [-0.39, 0.29) is 33.8 Å². The van der Waals surface area contributed by atoms with Gasteiger partial charge < -0.3 is 15.7 Å². The minimum atomic E-state index is -1.12. The van der Waals surface area contributed by atoms with Gasteiger partial charge in [-0.15, -0.1) is 11.8 Å². The number of amides is 2. The molecule has 0 atom stereocenters. The van der Waals surface area contributed by atoms with Crippen LogP contribution in [0, 0.1) is 5.82 Å². The molecule has 158 valence electrons. The Morgan fingerprint density at radius 1 is 0.903 bits per heavy atom. The van der Waals surface area contributed by atoms with Crippen molar-refractivity contribution in [1.82, 2.24) is 0 Å². The lowest BCUT2D eigenvalue weighted by Crippen LogP contribution is -2.15.